The molecule has 3 rings (SSSR count). The van der Waals surface area contributed by atoms with E-state index in [1.54, 1.807) is 18.2 Å². The zero-order valence-corrected chi connectivity index (χ0v) is 24.0. The van der Waals surface area contributed by atoms with Crippen LogP contribution in [-0.2, 0) is 20.9 Å². The Morgan fingerprint density at radius 1 is 1.00 bits per heavy atom. The third-order valence-electron chi connectivity index (χ3n) is 5.77. The first-order valence-electron chi connectivity index (χ1n) is 11.5. The number of rotatable bonds is 11. The molecule has 0 saturated heterocycles. The predicted octanol–water partition coefficient (Wildman–Crippen LogP) is 4.63. The summed E-state index contributed by atoms with van der Waals surface area (Å²) in [5.74, 6) is -0.898. The number of carbonyl (C=O) groups excluding carboxylic acids is 1. The van der Waals surface area contributed by atoms with Crippen LogP contribution in [-0.4, -0.2) is 48.8 Å². The molecular formula is C26H28F2IN3O5S. The van der Waals surface area contributed by atoms with Gasteiger partial charge in [-0.25, -0.2) is 22.0 Å². The molecule has 0 radical (unpaired) electrons. The van der Waals surface area contributed by atoms with Crippen molar-refractivity contribution in [2.24, 2.45) is 0 Å². The van der Waals surface area contributed by atoms with Gasteiger partial charge in [-0.3, -0.25) is 4.31 Å². The van der Waals surface area contributed by atoms with Gasteiger partial charge < -0.3 is 20.1 Å². The average Bonchev–Trinajstić information content (AvgIpc) is 2.92. The fourth-order valence-electron chi connectivity index (χ4n) is 3.83. The van der Waals surface area contributed by atoms with E-state index >= 15 is 0 Å². The minimum absolute atomic E-state index is 0.0340. The van der Waals surface area contributed by atoms with E-state index in [0.717, 1.165) is 22.0 Å². The second kappa shape index (κ2) is 13.1. The Bertz CT molecular complexity index is 1390. The van der Waals surface area contributed by atoms with Crippen molar-refractivity contribution < 1.29 is 31.5 Å². The number of hydrogen-bond acceptors (Lipinski definition) is 5. The van der Waals surface area contributed by atoms with Gasteiger partial charge >= 0.3 is 6.03 Å². The van der Waals surface area contributed by atoms with E-state index in [1.165, 1.54) is 45.5 Å². The number of amides is 2. The number of sulfonamides is 1. The highest BCUT2D eigenvalue weighted by atomic mass is 127. The molecule has 0 aliphatic heterocycles. The number of hydrogen-bond donors (Lipinski definition) is 2. The summed E-state index contributed by atoms with van der Waals surface area (Å²) in [5.41, 5.74) is 1.32. The molecule has 0 unspecified atom stereocenters. The van der Waals surface area contributed by atoms with Gasteiger partial charge in [0.1, 0.15) is 11.6 Å². The fraction of sp³-hybridized carbons (Fsp3) is 0.269. The summed E-state index contributed by atoms with van der Waals surface area (Å²) in [6.45, 7) is -0.186. The minimum atomic E-state index is -4.23. The molecule has 0 atom stereocenters. The number of nitrogens with one attached hydrogen (secondary N) is 2. The molecule has 2 amide bonds. The Labute approximate surface area is 234 Å². The van der Waals surface area contributed by atoms with E-state index in [0.29, 0.717) is 15.7 Å². The van der Waals surface area contributed by atoms with Gasteiger partial charge in [-0.2, -0.15) is 0 Å². The summed E-state index contributed by atoms with van der Waals surface area (Å²) in [5, 5.41) is 5.00. The van der Waals surface area contributed by atoms with Gasteiger partial charge in [0.05, 0.1) is 31.3 Å². The molecule has 0 bridgehead atoms. The van der Waals surface area contributed by atoms with Gasteiger partial charge in [-0.15, -0.1) is 0 Å². The van der Waals surface area contributed by atoms with E-state index in [9.17, 15) is 22.0 Å². The first-order chi connectivity index (χ1) is 18.2. The molecule has 0 saturated carbocycles. The number of carbonyl (C=O) groups is 1. The third kappa shape index (κ3) is 6.65. The van der Waals surface area contributed by atoms with Crippen molar-refractivity contribution in [2.45, 2.75) is 15.7 Å². The van der Waals surface area contributed by atoms with Crippen molar-refractivity contribution in [3.8, 4) is 11.5 Å². The first kappa shape index (κ1) is 29.4. The summed E-state index contributed by atoms with van der Waals surface area (Å²) < 4.78 is 69.4. The Morgan fingerprint density at radius 2 is 1.68 bits per heavy atom. The predicted molar refractivity (Wildman–Crippen MR) is 150 cm³/mol. The molecular weight excluding hydrogens is 631 g/mol. The fourth-order valence-corrected chi connectivity index (χ4v) is 5.83. The topological polar surface area (TPSA) is 97.0 Å². The lowest BCUT2D eigenvalue weighted by Gasteiger charge is -2.28. The highest BCUT2D eigenvalue weighted by Gasteiger charge is 2.29. The zero-order chi connectivity index (χ0) is 27.9. The molecule has 3 aromatic carbocycles. The van der Waals surface area contributed by atoms with Gasteiger partial charge in [-0.1, -0.05) is 40.8 Å². The standard InChI is InChI=1S/C26H28F2IN3O5S/c1-30-26(33)31-11-12-32(38(34,35)19-8-10-24(36-2)25(15-19)37-3)23-9-7-17(16-29)13-18(23)14-20-21(27)5-4-6-22(20)28/h4-10,13,15H,11-12,14,16H2,1-3H3,(H2,30,31,33). The van der Waals surface area contributed by atoms with Crippen LogP contribution in [0, 0.1) is 11.6 Å². The molecule has 38 heavy (non-hydrogen) atoms. The lowest BCUT2D eigenvalue weighted by Crippen LogP contribution is -2.41. The molecule has 3 aromatic rings. The quantitative estimate of drug-likeness (QED) is 0.231. The highest BCUT2D eigenvalue weighted by Crippen LogP contribution is 2.34. The summed E-state index contributed by atoms with van der Waals surface area (Å²) in [6, 6.07) is 12.4. The average molecular weight is 659 g/mol. The molecule has 0 aliphatic rings. The minimum Gasteiger partial charge on any atom is -0.493 e. The number of urea groups is 1. The maximum absolute atomic E-state index is 14.6. The zero-order valence-electron chi connectivity index (χ0n) is 21.1. The number of anilines is 1. The Hall–Kier alpha value is -3.13. The maximum Gasteiger partial charge on any atom is 0.314 e. The van der Waals surface area contributed by atoms with E-state index in [4.69, 9.17) is 9.47 Å². The summed E-state index contributed by atoms with van der Waals surface area (Å²) >= 11 is 2.16. The van der Waals surface area contributed by atoms with Gasteiger partial charge in [-0.05, 0) is 41.5 Å². The number of alkyl halides is 1. The maximum atomic E-state index is 14.6. The molecule has 0 heterocycles. The lowest BCUT2D eigenvalue weighted by atomic mass is 10.00. The Kier molecular flexibility index (Phi) is 10.1. The van der Waals surface area contributed by atoms with Gasteiger partial charge in [0.2, 0.25) is 0 Å². The van der Waals surface area contributed by atoms with Crippen molar-refractivity contribution in [3.05, 3.63) is 82.9 Å². The molecule has 0 fully saturated rings. The SMILES string of the molecule is CNC(=O)NCCN(c1ccc(CI)cc1Cc1c(F)cccc1F)S(=O)(=O)c1ccc(OC)c(OC)c1. The molecule has 204 valence electrons. The summed E-state index contributed by atoms with van der Waals surface area (Å²) in [6.07, 6.45) is -0.181. The number of halogens is 3. The van der Waals surface area contributed by atoms with E-state index in [-0.39, 0.29) is 41.4 Å². The second-order valence-electron chi connectivity index (χ2n) is 8.07. The smallest absolute Gasteiger partial charge is 0.314 e. The Balaban J connectivity index is 2.16. The summed E-state index contributed by atoms with van der Waals surface area (Å²) in [4.78, 5) is 11.7. The molecule has 0 spiro atoms. The molecule has 12 heteroatoms. The van der Waals surface area contributed by atoms with Crippen molar-refractivity contribution in [2.75, 3.05) is 38.7 Å². The van der Waals surface area contributed by atoms with Crippen molar-refractivity contribution in [1.29, 1.82) is 0 Å². The van der Waals surface area contributed by atoms with Crippen LogP contribution in [0.1, 0.15) is 16.7 Å². The van der Waals surface area contributed by atoms with Crippen LogP contribution >= 0.6 is 22.6 Å². The molecule has 0 aliphatic carbocycles. The monoisotopic (exact) mass is 659 g/mol. The van der Waals surface area contributed by atoms with Crippen molar-refractivity contribution in [3.63, 3.8) is 0 Å². The number of methoxy groups -OCH3 is 2. The van der Waals surface area contributed by atoms with Crippen molar-refractivity contribution in [1.82, 2.24) is 10.6 Å². The highest BCUT2D eigenvalue weighted by molar-refractivity contribution is 14.1. The van der Waals surface area contributed by atoms with Crippen LogP contribution in [0.2, 0.25) is 0 Å². The summed E-state index contributed by atoms with van der Waals surface area (Å²) in [7, 11) is 0.0355. The number of nitrogens with zero attached hydrogens (tertiary/aromatic N) is 1. The van der Waals surface area contributed by atoms with Crippen LogP contribution in [0.25, 0.3) is 0 Å². The number of ether oxygens (including phenoxy) is 2. The van der Waals surface area contributed by atoms with E-state index in [2.05, 4.69) is 33.2 Å². The van der Waals surface area contributed by atoms with E-state index < -0.39 is 27.7 Å². The molecule has 8 nitrogen and oxygen atoms in total. The van der Waals surface area contributed by atoms with Crippen LogP contribution in [0.15, 0.2) is 59.5 Å². The number of benzene rings is 3. The van der Waals surface area contributed by atoms with Gasteiger partial charge in [0.25, 0.3) is 10.0 Å². The Morgan fingerprint density at radius 3 is 2.29 bits per heavy atom. The van der Waals surface area contributed by atoms with Crippen LogP contribution in [0.3, 0.4) is 0 Å². The van der Waals surface area contributed by atoms with Crippen molar-refractivity contribution >= 4 is 44.3 Å². The van der Waals surface area contributed by atoms with E-state index in [1.807, 2.05) is 0 Å². The normalized spacial score (nSPS) is 11.1. The van der Waals surface area contributed by atoms with Crippen LogP contribution in [0.4, 0.5) is 19.3 Å². The lowest BCUT2D eigenvalue weighted by molar-refractivity contribution is 0.243. The van der Waals surface area contributed by atoms with Crippen LogP contribution in [0.5, 0.6) is 11.5 Å². The molecule has 2 N–H and O–H groups in total. The largest absolute Gasteiger partial charge is 0.493 e. The first-order valence-corrected chi connectivity index (χ1v) is 14.4. The van der Waals surface area contributed by atoms with Gasteiger partial charge in [0, 0.05) is 36.1 Å². The third-order valence-corrected chi connectivity index (χ3v) is 8.46. The van der Waals surface area contributed by atoms with Gasteiger partial charge in [0.15, 0.2) is 11.5 Å². The molecule has 0 aromatic heterocycles. The second-order valence-corrected chi connectivity index (χ2v) is 10.7. The van der Waals surface area contributed by atoms with Crippen LogP contribution < -0.4 is 24.4 Å².